The van der Waals surface area contributed by atoms with Gasteiger partial charge in [-0.05, 0) is 18.8 Å². The molecule has 0 radical (unpaired) electrons. The van der Waals surface area contributed by atoms with Crippen molar-refractivity contribution in [1.29, 1.82) is 0 Å². The fraction of sp³-hybridized carbons (Fsp3) is 1.00. The van der Waals surface area contributed by atoms with Crippen molar-refractivity contribution in [2.45, 2.75) is 38.4 Å². The Labute approximate surface area is 71.1 Å². The summed E-state index contributed by atoms with van der Waals surface area (Å²) in [5.41, 5.74) is 5.34. The molecule has 0 aromatic rings. The van der Waals surface area contributed by atoms with E-state index in [1.54, 1.807) is 0 Å². The lowest BCUT2D eigenvalue weighted by Gasteiger charge is -2.21. The molecule has 0 heterocycles. The van der Waals surface area contributed by atoms with Crippen LogP contribution in [0.3, 0.4) is 0 Å². The Hall–Kier alpha value is -0.220. The van der Waals surface area contributed by atoms with Gasteiger partial charge in [0.05, 0.1) is 6.10 Å². The van der Waals surface area contributed by atoms with E-state index in [9.17, 15) is 8.78 Å². The summed E-state index contributed by atoms with van der Waals surface area (Å²) in [5, 5.41) is 0. The first-order valence-corrected chi connectivity index (χ1v) is 4.37. The predicted molar refractivity (Wildman–Crippen MR) is 41.9 cm³/mol. The number of rotatable bonds is 4. The van der Waals surface area contributed by atoms with Crippen LogP contribution in [0.5, 0.6) is 0 Å². The Morgan fingerprint density at radius 1 is 1.33 bits per heavy atom. The summed E-state index contributed by atoms with van der Waals surface area (Å²) in [7, 11) is 0. The molecule has 1 aliphatic rings. The van der Waals surface area contributed by atoms with Crippen LogP contribution in [0, 0.1) is 5.92 Å². The molecule has 1 rings (SSSR count). The van der Waals surface area contributed by atoms with Gasteiger partial charge in [-0.15, -0.1) is 0 Å². The van der Waals surface area contributed by atoms with E-state index in [1.807, 2.05) is 0 Å². The van der Waals surface area contributed by atoms with Crippen molar-refractivity contribution in [2.75, 3.05) is 6.54 Å². The normalized spacial score (nSPS) is 22.0. The van der Waals surface area contributed by atoms with Gasteiger partial charge in [0.25, 0.3) is 0 Å². The maximum atomic E-state index is 11.8. The zero-order valence-electron chi connectivity index (χ0n) is 7.01. The van der Waals surface area contributed by atoms with Gasteiger partial charge in [0, 0.05) is 6.54 Å². The molecule has 0 saturated heterocycles. The monoisotopic (exact) mass is 179 g/mol. The molecule has 12 heavy (non-hydrogen) atoms. The van der Waals surface area contributed by atoms with Gasteiger partial charge in [-0.1, -0.05) is 12.8 Å². The third-order valence-electron chi connectivity index (χ3n) is 2.44. The van der Waals surface area contributed by atoms with Crippen molar-refractivity contribution < 1.29 is 13.5 Å². The molecule has 0 spiro atoms. The third kappa shape index (κ3) is 2.68. The minimum Gasteiger partial charge on any atom is -0.328 e. The molecule has 1 unspecified atom stereocenters. The van der Waals surface area contributed by atoms with Crippen LogP contribution >= 0.6 is 0 Å². The molecule has 1 atom stereocenters. The number of nitrogens with two attached hydrogens (primary N) is 1. The van der Waals surface area contributed by atoms with E-state index in [1.165, 1.54) is 0 Å². The van der Waals surface area contributed by atoms with Crippen molar-refractivity contribution >= 4 is 0 Å². The summed E-state index contributed by atoms with van der Waals surface area (Å²) in [6, 6.07) is 0. The second-order valence-corrected chi connectivity index (χ2v) is 3.22. The number of halogens is 2. The maximum absolute atomic E-state index is 11.8. The van der Waals surface area contributed by atoms with Gasteiger partial charge in [0.2, 0.25) is 0 Å². The first kappa shape index (κ1) is 9.86. The summed E-state index contributed by atoms with van der Waals surface area (Å²) in [4.78, 5) is 0. The average molecular weight is 179 g/mol. The van der Waals surface area contributed by atoms with Gasteiger partial charge >= 0.3 is 6.61 Å². The molecule has 72 valence electrons. The van der Waals surface area contributed by atoms with Crippen LogP contribution < -0.4 is 5.73 Å². The maximum Gasteiger partial charge on any atom is 0.345 e. The molecular weight excluding hydrogens is 164 g/mol. The van der Waals surface area contributed by atoms with Gasteiger partial charge in [-0.3, -0.25) is 0 Å². The van der Waals surface area contributed by atoms with Gasteiger partial charge in [0.15, 0.2) is 0 Å². The van der Waals surface area contributed by atoms with Crippen LogP contribution in [0.15, 0.2) is 0 Å². The summed E-state index contributed by atoms with van der Waals surface area (Å²) in [5.74, 6) is 0.254. The molecule has 0 aromatic heterocycles. The summed E-state index contributed by atoms with van der Waals surface area (Å²) >= 11 is 0. The number of hydrogen-bond acceptors (Lipinski definition) is 2. The lowest BCUT2D eigenvalue weighted by atomic mass is 10.0. The summed E-state index contributed by atoms with van der Waals surface area (Å²) in [6.07, 6.45) is 3.76. The highest BCUT2D eigenvalue weighted by molar-refractivity contribution is 4.76. The van der Waals surface area contributed by atoms with E-state index in [-0.39, 0.29) is 12.5 Å². The molecule has 0 amide bonds. The molecule has 4 heteroatoms. The quantitative estimate of drug-likeness (QED) is 0.713. The molecule has 1 aliphatic carbocycles. The molecular formula is C8H15F2NO. The van der Waals surface area contributed by atoms with Crippen LogP contribution in [-0.4, -0.2) is 19.3 Å². The number of ether oxygens (including phenoxy) is 1. The first-order valence-electron chi connectivity index (χ1n) is 4.37. The Balaban J connectivity index is 2.32. The zero-order valence-corrected chi connectivity index (χ0v) is 7.01. The Morgan fingerprint density at radius 2 is 1.92 bits per heavy atom. The van der Waals surface area contributed by atoms with Crippen molar-refractivity contribution in [3.05, 3.63) is 0 Å². The number of alkyl halides is 2. The van der Waals surface area contributed by atoms with E-state index in [0.717, 1.165) is 25.7 Å². The molecule has 1 fully saturated rings. The smallest absolute Gasteiger partial charge is 0.328 e. The lowest BCUT2D eigenvalue weighted by Crippen LogP contribution is -2.32. The topological polar surface area (TPSA) is 35.2 Å². The van der Waals surface area contributed by atoms with E-state index in [4.69, 9.17) is 5.73 Å². The predicted octanol–water partition coefficient (Wildman–Crippen LogP) is 1.74. The second-order valence-electron chi connectivity index (χ2n) is 3.22. The molecule has 1 saturated carbocycles. The highest BCUT2D eigenvalue weighted by atomic mass is 19.3. The largest absolute Gasteiger partial charge is 0.345 e. The average Bonchev–Trinajstić information content (AvgIpc) is 2.51. The van der Waals surface area contributed by atoms with Crippen molar-refractivity contribution in [3.8, 4) is 0 Å². The zero-order chi connectivity index (χ0) is 8.97. The van der Waals surface area contributed by atoms with E-state index < -0.39 is 12.7 Å². The molecule has 2 nitrogen and oxygen atoms in total. The fourth-order valence-electron chi connectivity index (χ4n) is 1.82. The van der Waals surface area contributed by atoms with Crippen molar-refractivity contribution in [2.24, 2.45) is 11.7 Å². The van der Waals surface area contributed by atoms with E-state index in [2.05, 4.69) is 4.74 Å². The van der Waals surface area contributed by atoms with E-state index >= 15 is 0 Å². The van der Waals surface area contributed by atoms with Crippen LogP contribution in [0.4, 0.5) is 8.78 Å². The Kier molecular flexibility index (Phi) is 3.88. The second kappa shape index (κ2) is 4.72. The van der Waals surface area contributed by atoms with Crippen LogP contribution in [-0.2, 0) is 4.74 Å². The van der Waals surface area contributed by atoms with Crippen LogP contribution in [0.25, 0.3) is 0 Å². The van der Waals surface area contributed by atoms with Crippen LogP contribution in [0.1, 0.15) is 25.7 Å². The van der Waals surface area contributed by atoms with Gasteiger partial charge in [0.1, 0.15) is 0 Å². The number of hydrogen-bond donors (Lipinski definition) is 1. The summed E-state index contributed by atoms with van der Waals surface area (Å²) in [6.45, 7) is -2.48. The molecule has 0 aromatic carbocycles. The van der Waals surface area contributed by atoms with Crippen LogP contribution in [0.2, 0.25) is 0 Å². The first-order chi connectivity index (χ1) is 5.74. The Morgan fingerprint density at radius 3 is 2.33 bits per heavy atom. The van der Waals surface area contributed by atoms with Crippen molar-refractivity contribution in [1.82, 2.24) is 0 Å². The van der Waals surface area contributed by atoms with E-state index in [0.29, 0.717) is 0 Å². The molecule has 2 N–H and O–H groups in total. The minimum absolute atomic E-state index is 0.203. The standard InChI is InChI=1S/C8H15F2NO/c9-8(10)12-7(5-11)6-3-1-2-4-6/h6-8H,1-5,11H2. The molecule has 0 aliphatic heterocycles. The minimum atomic E-state index is -2.68. The SMILES string of the molecule is NCC(OC(F)F)C1CCCC1. The summed E-state index contributed by atoms with van der Waals surface area (Å²) < 4.78 is 28.1. The Bertz CT molecular complexity index is 126. The highest BCUT2D eigenvalue weighted by Crippen LogP contribution is 2.29. The fourth-order valence-corrected chi connectivity index (χ4v) is 1.82. The third-order valence-corrected chi connectivity index (χ3v) is 2.44. The highest BCUT2D eigenvalue weighted by Gasteiger charge is 2.26. The van der Waals surface area contributed by atoms with Gasteiger partial charge in [-0.25, -0.2) is 0 Å². The van der Waals surface area contributed by atoms with Gasteiger partial charge in [-0.2, -0.15) is 8.78 Å². The van der Waals surface area contributed by atoms with Gasteiger partial charge < -0.3 is 10.5 Å². The lowest BCUT2D eigenvalue weighted by molar-refractivity contribution is -0.172. The molecule has 0 bridgehead atoms. The van der Waals surface area contributed by atoms with Crippen molar-refractivity contribution in [3.63, 3.8) is 0 Å².